The van der Waals surface area contributed by atoms with E-state index in [1.54, 1.807) is 19.2 Å². The first-order chi connectivity index (χ1) is 9.62. The molecule has 0 saturated heterocycles. The van der Waals surface area contributed by atoms with Gasteiger partial charge >= 0.3 is 5.97 Å². The third-order valence-electron chi connectivity index (χ3n) is 3.27. The predicted octanol–water partition coefficient (Wildman–Crippen LogP) is 2.60. The fourth-order valence-electron chi connectivity index (χ4n) is 2.18. The van der Waals surface area contributed by atoms with Gasteiger partial charge in [0.15, 0.2) is 0 Å². The van der Waals surface area contributed by atoms with E-state index < -0.39 is 5.97 Å². The lowest BCUT2D eigenvalue weighted by Gasteiger charge is -2.18. The Morgan fingerprint density at radius 2 is 2.15 bits per heavy atom. The number of rotatable bonds is 9. The molecule has 5 heteroatoms. The van der Waals surface area contributed by atoms with Gasteiger partial charge in [0, 0.05) is 19.2 Å². The van der Waals surface area contributed by atoms with Crippen LogP contribution < -0.4 is 10.1 Å². The van der Waals surface area contributed by atoms with Crippen molar-refractivity contribution in [3.8, 4) is 5.75 Å². The molecule has 0 radical (unpaired) electrons. The standard InChI is InChI=1S/C15H23NO4/c1-3-4-11(7-8-17)10-16-14-9-12(20-2)5-6-13(14)15(18)19/h5-6,9,11,16-17H,3-4,7-8,10H2,1-2H3,(H,18,19). The fourth-order valence-corrected chi connectivity index (χ4v) is 2.18. The summed E-state index contributed by atoms with van der Waals surface area (Å²) in [5, 5.41) is 21.4. The van der Waals surface area contributed by atoms with Gasteiger partial charge in [-0.1, -0.05) is 13.3 Å². The third-order valence-corrected chi connectivity index (χ3v) is 3.27. The van der Waals surface area contributed by atoms with E-state index in [4.69, 9.17) is 9.84 Å². The Kier molecular flexibility index (Phi) is 6.87. The molecule has 0 aliphatic carbocycles. The molecule has 5 nitrogen and oxygen atoms in total. The highest BCUT2D eigenvalue weighted by atomic mass is 16.5. The molecule has 0 aliphatic rings. The number of aromatic carboxylic acids is 1. The summed E-state index contributed by atoms with van der Waals surface area (Å²) in [5.41, 5.74) is 0.779. The number of carbonyl (C=O) groups is 1. The number of carboxylic acids is 1. The lowest BCUT2D eigenvalue weighted by molar-refractivity contribution is 0.0698. The summed E-state index contributed by atoms with van der Waals surface area (Å²) in [6.07, 6.45) is 2.75. The number of hydrogen-bond acceptors (Lipinski definition) is 4. The SMILES string of the molecule is CCCC(CCO)CNc1cc(OC)ccc1C(=O)O. The Morgan fingerprint density at radius 1 is 1.40 bits per heavy atom. The predicted molar refractivity (Wildman–Crippen MR) is 78.5 cm³/mol. The van der Waals surface area contributed by atoms with Gasteiger partial charge in [0.1, 0.15) is 5.75 Å². The van der Waals surface area contributed by atoms with Crippen LogP contribution in [0, 0.1) is 5.92 Å². The molecule has 0 aromatic heterocycles. The number of methoxy groups -OCH3 is 1. The number of carboxylic acid groups (broad SMARTS) is 1. The minimum atomic E-state index is -0.968. The zero-order chi connectivity index (χ0) is 15.0. The van der Waals surface area contributed by atoms with E-state index >= 15 is 0 Å². The van der Waals surface area contributed by atoms with Crippen LogP contribution in [0.4, 0.5) is 5.69 Å². The number of hydrogen-bond donors (Lipinski definition) is 3. The number of anilines is 1. The number of aliphatic hydroxyl groups is 1. The Hall–Kier alpha value is -1.75. The lowest BCUT2D eigenvalue weighted by Crippen LogP contribution is -2.17. The molecule has 0 fully saturated rings. The molecule has 3 N–H and O–H groups in total. The zero-order valence-corrected chi connectivity index (χ0v) is 12.1. The first-order valence-electron chi connectivity index (χ1n) is 6.88. The summed E-state index contributed by atoms with van der Waals surface area (Å²) in [6, 6.07) is 4.85. The maximum atomic E-state index is 11.2. The van der Waals surface area contributed by atoms with Crippen LogP contribution in [0.15, 0.2) is 18.2 Å². The van der Waals surface area contributed by atoms with Crippen molar-refractivity contribution >= 4 is 11.7 Å². The van der Waals surface area contributed by atoms with Crippen molar-refractivity contribution in [2.75, 3.05) is 25.6 Å². The van der Waals surface area contributed by atoms with E-state index in [0.717, 1.165) is 12.8 Å². The van der Waals surface area contributed by atoms with Crippen LogP contribution in [0.1, 0.15) is 36.5 Å². The highest BCUT2D eigenvalue weighted by Crippen LogP contribution is 2.23. The number of nitrogens with one attached hydrogen (secondary N) is 1. The molecule has 1 aromatic rings. The van der Waals surface area contributed by atoms with E-state index in [2.05, 4.69) is 12.2 Å². The van der Waals surface area contributed by atoms with Gasteiger partial charge in [0.2, 0.25) is 0 Å². The van der Waals surface area contributed by atoms with E-state index in [1.165, 1.54) is 6.07 Å². The topological polar surface area (TPSA) is 78.8 Å². The van der Waals surface area contributed by atoms with Crippen LogP contribution in [0.3, 0.4) is 0 Å². The average molecular weight is 281 g/mol. The lowest BCUT2D eigenvalue weighted by atomic mass is 10.00. The summed E-state index contributed by atoms with van der Waals surface area (Å²) < 4.78 is 5.12. The van der Waals surface area contributed by atoms with Crippen molar-refractivity contribution < 1.29 is 19.7 Å². The van der Waals surface area contributed by atoms with Gasteiger partial charge in [-0.15, -0.1) is 0 Å². The molecular weight excluding hydrogens is 258 g/mol. The van der Waals surface area contributed by atoms with Crippen LogP contribution in [0.2, 0.25) is 0 Å². The molecule has 0 saturated carbocycles. The second kappa shape index (κ2) is 8.43. The summed E-state index contributed by atoms with van der Waals surface area (Å²) in [5.74, 6) is -0.0195. The van der Waals surface area contributed by atoms with Crippen LogP contribution in [-0.2, 0) is 0 Å². The highest BCUT2D eigenvalue weighted by molar-refractivity contribution is 5.94. The summed E-state index contributed by atoms with van der Waals surface area (Å²) in [4.78, 5) is 11.2. The molecule has 1 atom stereocenters. The van der Waals surface area contributed by atoms with Gasteiger partial charge in [0.25, 0.3) is 0 Å². The smallest absolute Gasteiger partial charge is 0.337 e. The highest BCUT2D eigenvalue weighted by Gasteiger charge is 2.13. The molecule has 0 aliphatic heterocycles. The second-order valence-electron chi connectivity index (χ2n) is 4.76. The number of ether oxygens (including phenoxy) is 1. The van der Waals surface area contributed by atoms with Crippen LogP contribution in [0.5, 0.6) is 5.75 Å². The average Bonchev–Trinajstić information content (AvgIpc) is 2.44. The van der Waals surface area contributed by atoms with Crippen LogP contribution >= 0.6 is 0 Å². The van der Waals surface area contributed by atoms with Crippen molar-refractivity contribution in [3.63, 3.8) is 0 Å². The Morgan fingerprint density at radius 3 is 2.70 bits per heavy atom. The third kappa shape index (κ3) is 4.74. The van der Waals surface area contributed by atoms with Gasteiger partial charge in [-0.05, 0) is 30.9 Å². The summed E-state index contributed by atoms with van der Waals surface area (Å²) >= 11 is 0. The molecule has 1 unspecified atom stereocenters. The maximum Gasteiger partial charge on any atom is 0.337 e. The quantitative estimate of drug-likeness (QED) is 0.648. The van der Waals surface area contributed by atoms with Crippen molar-refractivity contribution in [1.82, 2.24) is 0 Å². The fraction of sp³-hybridized carbons (Fsp3) is 0.533. The van der Waals surface area contributed by atoms with E-state index in [-0.39, 0.29) is 12.2 Å². The minimum absolute atomic E-state index is 0.149. The maximum absolute atomic E-state index is 11.2. The molecular formula is C15H23NO4. The molecule has 112 valence electrons. The van der Waals surface area contributed by atoms with Crippen molar-refractivity contribution in [1.29, 1.82) is 0 Å². The number of aliphatic hydroxyl groups excluding tert-OH is 1. The van der Waals surface area contributed by atoms with Crippen molar-refractivity contribution in [3.05, 3.63) is 23.8 Å². The first-order valence-corrected chi connectivity index (χ1v) is 6.88. The molecule has 0 spiro atoms. The minimum Gasteiger partial charge on any atom is -0.497 e. The van der Waals surface area contributed by atoms with Gasteiger partial charge < -0.3 is 20.3 Å². The van der Waals surface area contributed by atoms with Gasteiger partial charge in [-0.25, -0.2) is 4.79 Å². The summed E-state index contributed by atoms with van der Waals surface area (Å²) in [6.45, 7) is 2.89. The Bertz CT molecular complexity index is 428. The molecule has 0 bridgehead atoms. The van der Waals surface area contributed by atoms with Gasteiger partial charge in [-0.2, -0.15) is 0 Å². The largest absolute Gasteiger partial charge is 0.497 e. The van der Waals surface area contributed by atoms with Crippen LogP contribution in [-0.4, -0.2) is 36.4 Å². The van der Waals surface area contributed by atoms with Crippen LogP contribution in [0.25, 0.3) is 0 Å². The van der Waals surface area contributed by atoms with E-state index in [0.29, 0.717) is 30.3 Å². The summed E-state index contributed by atoms with van der Waals surface area (Å²) in [7, 11) is 1.55. The molecule has 1 aromatic carbocycles. The van der Waals surface area contributed by atoms with Gasteiger partial charge in [-0.3, -0.25) is 0 Å². The second-order valence-corrected chi connectivity index (χ2v) is 4.76. The molecule has 20 heavy (non-hydrogen) atoms. The van der Waals surface area contributed by atoms with E-state index in [9.17, 15) is 9.90 Å². The van der Waals surface area contributed by atoms with Crippen molar-refractivity contribution in [2.24, 2.45) is 5.92 Å². The monoisotopic (exact) mass is 281 g/mol. The van der Waals surface area contributed by atoms with E-state index in [1.807, 2.05) is 0 Å². The molecule has 1 rings (SSSR count). The number of benzene rings is 1. The normalized spacial score (nSPS) is 11.9. The first kappa shape index (κ1) is 16.3. The Labute approximate surface area is 119 Å². The molecule has 0 heterocycles. The Balaban J connectivity index is 2.80. The van der Waals surface area contributed by atoms with Gasteiger partial charge in [0.05, 0.1) is 18.4 Å². The molecule has 0 amide bonds. The van der Waals surface area contributed by atoms with Crippen molar-refractivity contribution in [2.45, 2.75) is 26.2 Å². The zero-order valence-electron chi connectivity index (χ0n) is 12.1.